The Bertz CT molecular complexity index is 322. The first kappa shape index (κ1) is 11.6. The van der Waals surface area contributed by atoms with Crippen molar-refractivity contribution >= 4 is 0 Å². The van der Waals surface area contributed by atoms with E-state index >= 15 is 0 Å². The number of nitrogens with zero attached hydrogens (tertiary/aromatic N) is 3. The summed E-state index contributed by atoms with van der Waals surface area (Å²) in [6.07, 6.45) is 7.11. The molecule has 1 aliphatic carbocycles. The van der Waals surface area contributed by atoms with Crippen LogP contribution in [0.1, 0.15) is 45.4 Å². The SMILES string of the molecule is CCn1ncnc1CNCC1(CC)CCC1. The third kappa shape index (κ3) is 2.26. The lowest BCUT2D eigenvalue weighted by atomic mass is 9.67. The van der Waals surface area contributed by atoms with E-state index in [0.717, 1.165) is 25.5 Å². The van der Waals surface area contributed by atoms with Gasteiger partial charge in [0.2, 0.25) is 0 Å². The molecule has 0 aromatic carbocycles. The second-order valence-electron chi connectivity index (χ2n) is 4.80. The second kappa shape index (κ2) is 4.95. The van der Waals surface area contributed by atoms with E-state index in [1.54, 1.807) is 6.33 Å². The molecule has 1 fully saturated rings. The average Bonchev–Trinajstić information content (AvgIpc) is 2.69. The van der Waals surface area contributed by atoms with Crippen molar-refractivity contribution in [3.63, 3.8) is 0 Å². The van der Waals surface area contributed by atoms with Gasteiger partial charge >= 0.3 is 0 Å². The van der Waals surface area contributed by atoms with Crippen LogP contribution in [0.15, 0.2) is 6.33 Å². The predicted molar refractivity (Wildman–Crippen MR) is 64.0 cm³/mol. The van der Waals surface area contributed by atoms with E-state index in [0.29, 0.717) is 5.41 Å². The maximum atomic E-state index is 4.27. The zero-order valence-corrected chi connectivity index (χ0v) is 10.4. The lowest BCUT2D eigenvalue weighted by Crippen LogP contribution is -2.39. The Balaban J connectivity index is 1.79. The molecule has 1 aromatic rings. The Kier molecular flexibility index (Phi) is 3.59. The van der Waals surface area contributed by atoms with Crippen molar-refractivity contribution in [2.24, 2.45) is 5.41 Å². The van der Waals surface area contributed by atoms with Gasteiger partial charge in [-0.2, -0.15) is 5.10 Å². The van der Waals surface area contributed by atoms with Crippen molar-refractivity contribution in [1.29, 1.82) is 0 Å². The highest BCUT2D eigenvalue weighted by Gasteiger charge is 2.34. The highest BCUT2D eigenvalue weighted by Crippen LogP contribution is 2.43. The molecular formula is C12H22N4. The summed E-state index contributed by atoms with van der Waals surface area (Å²) >= 11 is 0. The number of aryl methyl sites for hydroxylation is 1. The van der Waals surface area contributed by atoms with Crippen molar-refractivity contribution in [3.05, 3.63) is 12.2 Å². The fourth-order valence-corrected chi connectivity index (χ4v) is 2.46. The van der Waals surface area contributed by atoms with Crippen LogP contribution >= 0.6 is 0 Å². The number of rotatable bonds is 6. The number of hydrogen-bond acceptors (Lipinski definition) is 3. The van der Waals surface area contributed by atoms with Gasteiger partial charge in [-0.25, -0.2) is 9.67 Å². The van der Waals surface area contributed by atoms with E-state index in [9.17, 15) is 0 Å². The predicted octanol–water partition coefficient (Wildman–Crippen LogP) is 1.97. The number of aromatic nitrogens is 3. The maximum Gasteiger partial charge on any atom is 0.140 e. The lowest BCUT2D eigenvalue weighted by Gasteiger charge is -2.41. The molecule has 0 aliphatic heterocycles. The minimum Gasteiger partial charge on any atom is -0.309 e. The third-order valence-corrected chi connectivity index (χ3v) is 3.94. The molecule has 4 nitrogen and oxygen atoms in total. The van der Waals surface area contributed by atoms with Gasteiger partial charge in [-0.1, -0.05) is 13.3 Å². The van der Waals surface area contributed by atoms with Gasteiger partial charge in [0.15, 0.2) is 0 Å². The number of nitrogens with one attached hydrogen (secondary N) is 1. The summed E-state index contributed by atoms with van der Waals surface area (Å²) in [6, 6.07) is 0. The fourth-order valence-electron chi connectivity index (χ4n) is 2.46. The molecule has 1 aliphatic rings. The second-order valence-corrected chi connectivity index (χ2v) is 4.80. The Morgan fingerprint density at radius 3 is 2.81 bits per heavy atom. The van der Waals surface area contributed by atoms with Crippen LogP contribution < -0.4 is 5.32 Å². The van der Waals surface area contributed by atoms with Crippen LogP contribution in [0.25, 0.3) is 0 Å². The molecule has 1 saturated carbocycles. The van der Waals surface area contributed by atoms with Crippen molar-refractivity contribution in [3.8, 4) is 0 Å². The Morgan fingerprint density at radius 1 is 1.44 bits per heavy atom. The van der Waals surface area contributed by atoms with Gasteiger partial charge in [0.05, 0.1) is 6.54 Å². The zero-order valence-electron chi connectivity index (χ0n) is 10.4. The van der Waals surface area contributed by atoms with E-state index in [-0.39, 0.29) is 0 Å². The Morgan fingerprint density at radius 2 is 2.25 bits per heavy atom. The first-order valence-electron chi connectivity index (χ1n) is 6.37. The molecule has 0 bridgehead atoms. The highest BCUT2D eigenvalue weighted by molar-refractivity contribution is 4.90. The van der Waals surface area contributed by atoms with E-state index < -0.39 is 0 Å². The van der Waals surface area contributed by atoms with Crippen LogP contribution in [0.3, 0.4) is 0 Å². The van der Waals surface area contributed by atoms with Gasteiger partial charge in [0, 0.05) is 13.1 Å². The van der Waals surface area contributed by atoms with Gasteiger partial charge in [-0.3, -0.25) is 0 Å². The van der Waals surface area contributed by atoms with E-state index in [1.165, 1.54) is 25.7 Å². The summed E-state index contributed by atoms with van der Waals surface area (Å²) in [5.74, 6) is 1.05. The van der Waals surface area contributed by atoms with Crippen LogP contribution in [0, 0.1) is 5.41 Å². The smallest absolute Gasteiger partial charge is 0.140 e. The van der Waals surface area contributed by atoms with Crippen molar-refractivity contribution in [2.45, 2.75) is 52.6 Å². The first-order chi connectivity index (χ1) is 7.79. The zero-order chi connectivity index (χ0) is 11.4. The van der Waals surface area contributed by atoms with Crippen LogP contribution in [-0.4, -0.2) is 21.3 Å². The lowest BCUT2D eigenvalue weighted by molar-refractivity contribution is 0.123. The Labute approximate surface area is 97.5 Å². The summed E-state index contributed by atoms with van der Waals surface area (Å²) in [7, 11) is 0. The van der Waals surface area contributed by atoms with E-state index in [2.05, 4.69) is 29.2 Å². The maximum absolute atomic E-state index is 4.27. The molecule has 1 aromatic heterocycles. The van der Waals surface area contributed by atoms with Gasteiger partial charge in [-0.15, -0.1) is 0 Å². The molecule has 0 unspecified atom stereocenters. The fraction of sp³-hybridized carbons (Fsp3) is 0.833. The largest absolute Gasteiger partial charge is 0.309 e. The van der Waals surface area contributed by atoms with Crippen molar-refractivity contribution in [1.82, 2.24) is 20.1 Å². The monoisotopic (exact) mass is 222 g/mol. The molecule has 90 valence electrons. The standard InChI is InChI=1S/C12H22N4/c1-3-12(6-5-7-12)9-13-8-11-14-10-15-16(11)4-2/h10,13H,3-9H2,1-2H3. The molecule has 1 heterocycles. The highest BCUT2D eigenvalue weighted by atomic mass is 15.3. The van der Waals surface area contributed by atoms with Crippen molar-refractivity contribution < 1.29 is 0 Å². The first-order valence-corrected chi connectivity index (χ1v) is 6.37. The van der Waals surface area contributed by atoms with E-state index in [1.807, 2.05) is 4.68 Å². The summed E-state index contributed by atoms with van der Waals surface area (Å²) in [5.41, 5.74) is 0.580. The third-order valence-electron chi connectivity index (χ3n) is 3.94. The summed E-state index contributed by atoms with van der Waals surface area (Å²) in [6.45, 7) is 7.26. The van der Waals surface area contributed by atoms with Crippen LogP contribution in [0.4, 0.5) is 0 Å². The molecule has 16 heavy (non-hydrogen) atoms. The molecule has 0 amide bonds. The van der Waals surface area contributed by atoms with Gasteiger partial charge in [0.1, 0.15) is 12.2 Å². The normalized spacial score (nSPS) is 18.4. The Hall–Kier alpha value is -0.900. The molecule has 4 heteroatoms. The van der Waals surface area contributed by atoms with Crippen LogP contribution in [0.5, 0.6) is 0 Å². The molecule has 1 N–H and O–H groups in total. The molecule has 0 radical (unpaired) electrons. The average molecular weight is 222 g/mol. The minimum atomic E-state index is 0.580. The van der Waals surface area contributed by atoms with Gasteiger partial charge < -0.3 is 5.32 Å². The van der Waals surface area contributed by atoms with Crippen molar-refractivity contribution in [2.75, 3.05) is 6.54 Å². The van der Waals surface area contributed by atoms with Gasteiger partial charge in [-0.05, 0) is 31.6 Å². The molecule has 0 atom stereocenters. The van der Waals surface area contributed by atoms with Crippen LogP contribution in [0.2, 0.25) is 0 Å². The molecule has 2 rings (SSSR count). The minimum absolute atomic E-state index is 0.580. The summed E-state index contributed by atoms with van der Waals surface area (Å²) < 4.78 is 1.95. The van der Waals surface area contributed by atoms with E-state index in [4.69, 9.17) is 0 Å². The quantitative estimate of drug-likeness (QED) is 0.800. The molecular weight excluding hydrogens is 200 g/mol. The molecule has 0 saturated heterocycles. The van der Waals surface area contributed by atoms with Gasteiger partial charge in [0.25, 0.3) is 0 Å². The number of hydrogen-bond donors (Lipinski definition) is 1. The molecule has 0 spiro atoms. The summed E-state index contributed by atoms with van der Waals surface area (Å²) in [5, 5.41) is 7.70. The summed E-state index contributed by atoms with van der Waals surface area (Å²) in [4.78, 5) is 4.27. The van der Waals surface area contributed by atoms with Crippen LogP contribution in [-0.2, 0) is 13.1 Å². The topological polar surface area (TPSA) is 42.7 Å².